The number of ether oxygens (including phenoxy) is 2. The molecule has 0 amide bonds. The molecular weight excluding hydrogens is 330 g/mol. The van der Waals surface area contributed by atoms with Gasteiger partial charge < -0.3 is 14.5 Å². The molecule has 0 saturated heterocycles. The predicted octanol–water partition coefficient (Wildman–Crippen LogP) is 2.88. The summed E-state index contributed by atoms with van der Waals surface area (Å²) in [6.45, 7) is 3.38. The lowest BCUT2D eigenvalue weighted by molar-refractivity contribution is 0.310. The highest BCUT2D eigenvalue weighted by atomic mass is 16.5. The van der Waals surface area contributed by atoms with Crippen LogP contribution in [0.4, 0.5) is 0 Å². The first-order valence-electron chi connectivity index (χ1n) is 8.39. The molecule has 0 bridgehead atoms. The van der Waals surface area contributed by atoms with Gasteiger partial charge in [0.05, 0.1) is 31.7 Å². The largest absolute Gasteiger partial charge is 0.493 e. The molecule has 2 aromatic carbocycles. The first-order chi connectivity index (χ1) is 12.5. The number of aryl methyl sites for hydroxylation is 1. The van der Waals surface area contributed by atoms with Gasteiger partial charge in [0.25, 0.3) is 5.56 Å². The molecule has 0 aliphatic rings. The maximum atomic E-state index is 12.4. The molecule has 1 N–H and O–H groups in total. The van der Waals surface area contributed by atoms with Crippen LogP contribution < -0.4 is 15.0 Å². The Morgan fingerprint density at radius 3 is 2.35 bits per heavy atom. The van der Waals surface area contributed by atoms with Crippen molar-refractivity contribution in [2.75, 3.05) is 21.3 Å². The Bertz CT molecular complexity index is 964. The molecule has 1 aromatic heterocycles. The second kappa shape index (κ2) is 7.58. The SMILES string of the molecule is COc1cc2nc(CN(C)Cc3ccc(C)cc3)[nH]c(=O)c2cc1OC. The van der Waals surface area contributed by atoms with E-state index in [0.717, 1.165) is 6.54 Å². The monoisotopic (exact) mass is 353 g/mol. The highest BCUT2D eigenvalue weighted by molar-refractivity contribution is 5.81. The molecule has 0 fully saturated rings. The summed E-state index contributed by atoms with van der Waals surface area (Å²) < 4.78 is 10.6. The van der Waals surface area contributed by atoms with Crippen LogP contribution in [0, 0.1) is 6.92 Å². The minimum Gasteiger partial charge on any atom is -0.493 e. The third-order valence-corrected chi connectivity index (χ3v) is 4.25. The second-order valence-corrected chi connectivity index (χ2v) is 6.39. The van der Waals surface area contributed by atoms with Crippen LogP contribution in [0.15, 0.2) is 41.2 Å². The van der Waals surface area contributed by atoms with Crippen LogP contribution in [0.2, 0.25) is 0 Å². The number of fused-ring (bicyclic) bond motifs is 1. The highest BCUT2D eigenvalue weighted by Gasteiger charge is 2.12. The van der Waals surface area contributed by atoms with Crippen molar-refractivity contribution in [3.63, 3.8) is 0 Å². The van der Waals surface area contributed by atoms with Crippen LogP contribution >= 0.6 is 0 Å². The van der Waals surface area contributed by atoms with Gasteiger partial charge in [-0.25, -0.2) is 4.98 Å². The smallest absolute Gasteiger partial charge is 0.258 e. The molecule has 6 heteroatoms. The van der Waals surface area contributed by atoms with Crippen molar-refractivity contribution < 1.29 is 9.47 Å². The fourth-order valence-electron chi connectivity index (χ4n) is 2.91. The van der Waals surface area contributed by atoms with Crippen molar-refractivity contribution in [1.29, 1.82) is 0 Å². The third kappa shape index (κ3) is 3.86. The molecule has 0 aliphatic heterocycles. The van der Waals surface area contributed by atoms with Gasteiger partial charge in [0, 0.05) is 12.6 Å². The highest BCUT2D eigenvalue weighted by Crippen LogP contribution is 2.29. The van der Waals surface area contributed by atoms with E-state index in [2.05, 4.69) is 46.1 Å². The molecule has 0 radical (unpaired) electrons. The molecule has 26 heavy (non-hydrogen) atoms. The van der Waals surface area contributed by atoms with Gasteiger partial charge in [0.15, 0.2) is 11.5 Å². The van der Waals surface area contributed by atoms with Gasteiger partial charge in [-0.1, -0.05) is 29.8 Å². The van der Waals surface area contributed by atoms with Gasteiger partial charge in [0.1, 0.15) is 5.82 Å². The van der Waals surface area contributed by atoms with Crippen LogP contribution in [0.5, 0.6) is 11.5 Å². The third-order valence-electron chi connectivity index (χ3n) is 4.25. The van der Waals surface area contributed by atoms with Crippen molar-refractivity contribution in [2.45, 2.75) is 20.0 Å². The van der Waals surface area contributed by atoms with Crippen LogP contribution in [-0.2, 0) is 13.1 Å². The number of nitrogens with zero attached hydrogens (tertiary/aromatic N) is 2. The van der Waals surface area contributed by atoms with E-state index in [4.69, 9.17) is 9.47 Å². The Morgan fingerprint density at radius 1 is 1.04 bits per heavy atom. The van der Waals surface area contributed by atoms with E-state index in [-0.39, 0.29) is 5.56 Å². The molecule has 6 nitrogen and oxygen atoms in total. The number of hydrogen-bond acceptors (Lipinski definition) is 5. The van der Waals surface area contributed by atoms with Gasteiger partial charge >= 0.3 is 0 Å². The van der Waals surface area contributed by atoms with Crippen LogP contribution in [-0.4, -0.2) is 36.1 Å². The topological polar surface area (TPSA) is 67.5 Å². The molecular formula is C20H23N3O3. The first-order valence-corrected chi connectivity index (χ1v) is 8.39. The minimum atomic E-state index is -0.185. The number of H-pyrrole nitrogens is 1. The van der Waals surface area contributed by atoms with Crippen LogP contribution in [0.1, 0.15) is 17.0 Å². The number of hydrogen-bond donors (Lipinski definition) is 1. The molecule has 136 valence electrons. The number of methoxy groups -OCH3 is 2. The van der Waals surface area contributed by atoms with E-state index in [1.165, 1.54) is 11.1 Å². The Labute approximate surface area is 152 Å². The summed E-state index contributed by atoms with van der Waals surface area (Å²) in [6, 6.07) is 11.8. The molecule has 3 rings (SSSR count). The standard InChI is InChI=1S/C20H23N3O3/c1-13-5-7-14(8-6-13)11-23(2)12-19-21-16-10-18(26-4)17(25-3)9-15(16)20(24)22-19/h5-10H,11-12H2,1-4H3,(H,21,22,24). The van der Waals surface area contributed by atoms with E-state index >= 15 is 0 Å². The zero-order valence-corrected chi connectivity index (χ0v) is 15.5. The lowest BCUT2D eigenvalue weighted by atomic mass is 10.1. The molecule has 0 saturated carbocycles. The van der Waals surface area contributed by atoms with E-state index in [1.54, 1.807) is 26.4 Å². The molecule has 0 unspecified atom stereocenters. The predicted molar refractivity (Wildman–Crippen MR) is 102 cm³/mol. The Balaban J connectivity index is 1.85. The first kappa shape index (κ1) is 17.9. The Hall–Kier alpha value is -2.86. The normalized spacial score (nSPS) is 11.1. The fourth-order valence-corrected chi connectivity index (χ4v) is 2.91. The summed E-state index contributed by atoms with van der Waals surface area (Å²) >= 11 is 0. The van der Waals surface area contributed by atoms with Crippen molar-refractivity contribution in [3.8, 4) is 11.5 Å². The fraction of sp³-hybridized carbons (Fsp3) is 0.300. The van der Waals surface area contributed by atoms with Crippen molar-refractivity contribution in [2.24, 2.45) is 0 Å². The maximum absolute atomic E-state index is 12.4. The summed E-state index contributed by atoms with van der Waals surface area (Å²) in [4.78, 5) is 22.0. The van der Waals surface area contributed by atoms with Gasteiger partial charge in [-0.2, -0.15) is 0 Å². The zero-order valence-electron chi connectivity index (χ0n) is 15.5. The number of aromatic amines is 1. The lowest BCUT2D eigenvalue weighted by Gasteiger charge is -2.16. The van der Waals surface area contributed by atoms with Gasteiger partial charge in [-0.3, -0.25) is 9.69 Å². The summed E-state index contributed by atoms with van der Waals surface area (Å²) in [6.07, 6.45) is 0. The average molecular weight is 353 g/mol. The second-order valence-electron chi connectivity index (χ2n) is 6.39. The van der Waals surface area contributed by atoms with E-state index in [0.29, 0.717) is 34.8 Å². The summed E-state index contributed by atoms with van der Waals surface area (Å²) in [5.41, 5.74) is 2.86. The number of aromatic nitrogens is 2. The summed E-state index contributed by atoms with van der Waals surface area (Å²) in [5, 5.41) is 0.479. The number of rotatable bonds is 6. The number of nitrogens with one attached hydrogen (secondary N) is 1. The molecule has 0 spiro atoms. The molecule has 0 atom stereocenters. The Kier molecular flexibility index (Phi) is 5.23. The van der Waals surface area contributed by atoms with Crippen molar-refractivity contribution >= 4 is 10.9 Å². The maximum Gasteiger partial charge on any atom is 0.258 e. The molecule has 1 heterocycles. The minimum absolute atomic E-state index is 0.185. The van der Waals surface area contributed by atoms with Gasteiger partial charge in [0.2, 0.25) is 0 Å². The van der Waals surface area contributed by atoms with Gasteiger partial charge in [-0.05, 0) is 25.6 Å². The van der Waals surface area contributed by atoms with E-state index in [9.17, 15) is 4.79 Å². The molecule has 0 aliphatic carbocycles. The van der Waals surface area contributed by atoms with E-state index < -0.39 is 0 Å². The zero-order chi connectivity index (χ0) is 18.7. The summed E-state index contributed by atoms with van der Waals surface area (Å²) in [5.74, 6) is 1.68. The lowest BCUT2D eigenvalue weighted by Crippen LogP contribution is -2.22. The average Bonchev–Trinajstić information content (AvgIpc) is 2.62. The van der Waals surface area contributed by atoms with Gasteiger partial charge in [-0.15, -0.1) is 0 Å². The molecule has 3 aromatic rings. The van der Waals surface area contributed by atoms with Crippen LogP contribution in [0.3, 0.4) is 0 Å². The van der Waals surface area contributed by atoms with E-state index in [1.807, 2.05) is 7.05 Å². The number of benzene rings is 2. The Morgan fingerprint density at radius 2 is 1.69 bits per heavy atom. The van der Waals surface area contributed by atoms with Crippen LogP contribution in [0.25, 0.3) is 10.9 Å². The van der Waals surface area contributed by atoms with Crippen molar-refractivity contribution in [3.05, 3.63) is 63.7 Å². The quantitative estimate of drug-likeness (QED) is 0.738. The summed E-state index contributed by atoms with van der Waals surface area (Å²) in [7, 11) is 5.10. The van der Waals surface area contributed by atoms with Crippen molar-refractivity contribution in [1.82, 2.24) is 14.9 Å².